The van der Waals surface area contributed by atoms with Crippen LogP contribution in [-0.2, 0) is 0 Å². The van der Waals surface area contributed by atoms with E-state index in [0.29, 0.717) is 12.0 Å². The Bertz CT molecular complexity index is 504. The van der Waals surface area contributed by atoms with Crippen LogP contribution in [0.2, 0.25) is 5.02 Å². The Labute approximate surface area is 100 Å². The highest BCUT2D eigenvalue weighted by atomic mass is 35.5. The van der Waals surface area contributed by atoms with Gasteiger partial charge in [-0.3, -0.25) is 0 Å². The summed E-state index contributed by atoms with van der Waals surface area (Å²) in [5, 5.41) is 0.720. The summed E-state index contributed by atoms with van der Waals surface area (Å²) >= 11 is 6.00. The zero-order valence-electron chi connectivity index (χ0n) is 9.57. The van der Waals surface area contributed by atoms with Gasteiger partial charge in [0.2, 0.25) is 5.95 Å². The van der Waals surface area contributed by atoms with Gasteiger partial charge < -0.3 is 10.3 Å². The summed E-state index contributed by atoms with van der Waals surface area (Å²) in [6.45, 7) is 4.32. The number of benzene rings is 1. The normalized spacial score (nSPS) is 13.2. The molecule has 0 saturated heterocycles. The smallest absolute Gasteiger partial charge is 0.201 e. The van der Waals surface area contributed by atoms with E-state index in [4.69, 9.17) is 17.3 Å². The zero-order chi connectivity index (χ0) is 11.7. The fourth-order valence-electron chi connectivity index (χ4n) is 2.09. The predicted octanol–water partition coefficient (Wildman–Crippen LogP) is 3.63. The van der Waals surface area contributed by atoms with Gasteiger partial charge in [-0.15, -0.1) is 0 Å². The molecule has 0 spiro atoms. The molecule has 0 radical (unpaired) electrons. The van der Waals surface area contributed by atoms with Crippen LogP contribution in [0.15, 0.2) is 18.2 Å². The molecule has 2 rings (SSSR count). The average molecular weight is 238 g/mol. The molecule has 0 amide bonds. The predicted molar refractivity (Wildman–Crippen MR) is 68.8 cm³/mol. The molecule has 0 aliphatic heterocycles. The highest BCUT2D eigenvalue weighted by Crippen LogP contribution is 2.27. The van der Waals surface area contributed by atoms with Crippen molar-refractivity contribution in [1.82, 2.24) is 9.55 Å². The topological polar surface area (TPSA) is 43.8 Å². The second kappa shape index (κ2) is 4.34. The molecule has 16 heavy (non-hydrogen) atoms. The van der Waals surface area contributed by atoms with E-state index in [2.05, 4.69) is 23.4 Å². The molecular weight excluding hydrogens is 222 g/mol. The number of halogens is 1. The van der Waals surface area contributed by atoms with Crippen molar-refractivity contribution < 1.29 is 0 Å². The molecule has 1 aromatic carbocycles. The average Bonchev–Trinajstić information content (AvgIpc) is 2.53. The first-order chi connectivity index (χ1) is 7.63. The number of hydrogen-bond acceptors (Lipinski definition) is 2. The fraction of sp³-hybridized carbons (Fsp3) is 0.417. The molecule has 0 aliphatic rings. The molecule has 1 heterocycles. The van der Waals surface area contributed by atoms with Crippen molar-refractivity contribution in [2.45, 2.75) is 32.7 Å². The highest BCUT2D eigenvalue weighted by molar-refractivity contribution is 6.31. The van der Waals surface area contributed by atoms with Crippen molar-refractivity contribution in [2.75, 3.05) is 5.73 Å². The lowest BCUT2D eigenvalue weighted by molar-refractivity contribution is 0.518. The third-order valence-electron chi connectivity index (χ3n) is 2.83. The van der Waals surface area contributed by atoms with Gasteiger partial charge in [0.1, 0.15) is 0 Å². The Balaban J connectivity index is 2.58. The van der Waals surface area contributed by atoms with Gasteiger partial charge in [0.15, 0.2) is 0 Å². The van der Waals surface area contributed by atoms with Crippen LogP contribution < -0.4 is 5.73 Å². The number of fused-ring (bicyclic) bond motifs is 1. The van der Waals surface area contributed by atoms with Crippen LogP contribution in [0.1, 0.15) is 32.7 Å². The summed E-state index contributed by atoms with van der Waals surface area (Å²) in [5.74, 6) is 0.568. The van der Waals surface area contributed by atoms with Gasteiger partial charge in [-0.2, -0.15) is 0 Å². The van der Waals surface area contributed by atoms with Crippen molar-refractivity contribution in [3.05, 3.63) is 23.2 Å². The minimum atomic E-state index is 0.355. The van der Waals surface area contributed by atoms with Gasteiger partial charge in [0.25, 0.3) is 0 Å². The van der Waals surface area contributed by atoms with Crippen LogP contribution in [0.3, 0.4) is 0 Å². The molecule has 1 atom stereocenters. The molecule has 0 fully saturated rings. The largest absolute Gasteiger partial charge is 0.369 e. The molecule has 1 aromatic heterocycles. The van der Waals surface area contributed by atoms with Crippen molar-refractivity contribution in [3.63, 3.8) is 0 Å². The van der Waals surface area contributed by atoms with E-state index < -0.39 is 0 Å². The molecule has 0 bridgehead atoms. The number of nitrogen functional groups attached to an aromatic ring is 1. The quantitative estimate of drug-likeness (QED) is 0.886. The summed E-state index contributed by atoms with van der Waals surface area (Å²) in [7, 11) is 0. The number of rotatable bonds is 3. The molecule has 86 valence electrons. The van der Waals surface area contributed by atoms with Crippen LogP contribution in [0, 0.1) is 0 Å². The van der Waals surface area contributed by atoms with E-state index in [9.17, 15) is 0 Å². The minimum absolute atomic E-state index is 0.355. The Hall–Kier alpha value is -1.22. The van der Waals surface area contributed by atoms with Crippen molar-refractivity contribution >= 4 is 28.6 Å². The molecule has 2 aromatic rings. The maximum atomic E-state index is 6.00. The molecule has 2 N–H and O–H groups in total. The van der Waals surface area contributed by atoms with E-state index in [1.165, 1.54) is 0 Å². The Morgan fingerprint density at radius 2 is 2.25 bits per heavy atom. The monoisotopic (exact) mass is 237 g/mol. The summed E-state index contributed by atoms with van der Waals surface area (Å²) in [5.41, 5.74) is 7.87. The lowest BCUT2D eigenvalue weighted by atomic mass is 10.2. The Morgan fingerprint density at radius 3 is 2.94 bits per heavy atom. The van der Waals surface area contributed by atoms with E-state index in [0.717, 1.165) is 28.9 Å². The first-order valence-corrected chi connectivity index (χ1v) is 5.94. The third-order valence-corrected chi connectivity index (χ3v) is 3.06. The minimum Gasteiger partial charge on any atom is -0.369 e. The molecule has 1 unspecified atom stereocenters. The van der Waals surface area contributed by atoms with Gasteiger partial charge in [-0.1, -0.05) is 24.9 Å². The second-order valence-electron chi connectivity index (χ2n) is 4.11. The van der Waals surface area contributed by atoms with Gasteiger partial charge in [-0.05, 0) is 31.5 Å². The SMILES string of the molecule is CCCC(C)n1c(N)nc2ccc(Cl)cc21. The molecule has 0 aliphatic carbocycles. The van der Waals surface area contributed by atoms with Crippen LogP contribution >= 0.6 is 11.6 Å². The lowest BCUT2D eigenvalue weighted by Gasteiger charge is -2.14. The zero-order valence-corrected chi connectivity index (χ0v) is 10.3. The van der Waals surface area contributed by atoms with E-state index in [-0.39, 0.29) is 0 Å². The fourth-order valence-corrected chi connectivity index (χ4v) is 2.26. The molecule has 4 heteroatoms. The van der Waals surface area contributed by atoms with Crippen LogP contribution in [-0.4, -0.2) is 9.55 Å². The lowest BCUT2D eigenvalue weighted by Crippen LogP contribution is -2.08. The maximum Gasteiger partial charge on any atom is 0.201 e. The number of nitrogens with zero attached hydrogens (tertiary/aromatic N) is 2. The summed E-state index contributed by atoms with van der Waals surface area (Å²) < 4.78 is 2.06. The maximum absolute atomic E-state index is 6.00. The number of aromatic nitrogens is 2. The van der Waals surface area contributed by atoms with Gasteiger partial charge in [0.05, 0.1) is 11.0 Å². The van der Waals surface area contributed by atoms with E-state index in [1.807, 2.05) is 18.2 Å². The van der Waals surface area contributed by atoms with Crippen molar-refractivity contribution in [2.24, 2.45) is 0 Å². The number of hydrogen-bond donors (Lipinski definition) is 1. The highest BCUT2D eigenvalue weighted by Gasteiger charge is 2.13. The second-order valence-corrected chi connectivity index (χ2v) is 4.55. The molecule has 0 saturated carbocycles. The van der Waals surface area contributed by atoms with E-state index >= 15 is 0 Å². The Morgan fingerprint density at radius 1 is 1.50 bits per heavy atom. The molecule has 3 nitrogen and oxygen atoms in total. The summed E-state index contributed by atoms with van der Waals surface area (Å²) in [4.78, 5) is 4.34. The Kier molecular flexibility index (Phi) is 3.06. The van der Waals surface area contributed by atoms with Crippen LogP contribution in [0.5, 0.6) is 0 Å². The standard InChI is InChI=1S/C12H16ClN3/c1-3-4-8(2)16-11-7-9(13)5-6-10(11)15-12(16)14/h5-8H,3-4H2,1-2H3,(H2,14,15). The summed E-state index contributed by atoms with van der Waals surface area (Å²) in [6.07, 6.45) is 2.21. The first-order valence-electron chi connectivity index (χ1n) is 5.56. The summed E-state index contributed by atoms with van der Waals surface area (Å²) in [6, 6.07) is 6.02. The number of anilines is 1. The van der Waals surface area contributed by atoms with E-state index in [1.54, 1.807) is 0 Å². The van der Waals surface area contributed by atoms with Crippen LogP contribution in [0.4, 0.5) is 5.95 Å². The van der Waals surface area contributed by atoms with Gasteiger partial charge in [-0.25, -0.2) is 4.98 Å². The van der Waals surface area contributed by atoms with Crippen molar-refractivity contribution in [3.8, 4) is 0 Å². The van der Waals surface area contributed by atoms with Gasteiger partial charge >= 0.3 is 0 Å². The van der Waals surface area contributed by atoms with Gasteiger partial charge in [0, 0.05) is 11.1 Å². The number of nitrogens with two attached hydrogens (primary N) is 1. The van der Waals surface area contributed by atoms with Crippen LogP contribution in [0.25, 0.3) is 11.0 Å². The third kappa shape index (κ3) is 1.87. The molecular formula is C12H16ClN3. The number of imidazole rings is 1. The first kappa shape index (κ1) is 11.3. The van der Waals surface area contributed by atoms with Crippen molar-refractivity contribution in [1.29, 1.82) is 0 Å².